The molecule has 1 aliphatic heterocycles. The second-order valence-electron chi connectivity index (χ2n) is 6.59. The molecule has 0 bridgehead atoms. The molecular formula is C20H24N4O. The van der Waals surface area contributed by atoms with E-state index in [0.29, 0.717) is 17.0 Å². The standard InChI is InChI=1S/C20H24N4O/c1-2-3-10-23-13-9-22-19(23)17-7-11-24(12-8-17)20(25)18-6-4-5-16(14-18)15-21/h4-6,9,13-14,17H,2-3,7-8,10-12H2,1H3. The van der Waals surface area contributed by atoms with Crippen LogP contribution in [-0.2, 0) is 6.54 Å². The molecule has 1 aromatic carbocycles. The lowest BCUT2D eigenvalue weighted by Crippen LogP contribution is -2.38. The van der Waals surface area contributed by atoms with E-state index in [1.807, 2.05) is 11.1 Å². The molecule has 0 N–H and O–H groups in total. The second kappa shape index (κ2) is 7.98. The molecule has 1 aromatic heterocycles. The van der Waals surface area contributed by atoms with Crippen LogP contribution in [0.15, 0.2) is 36.7 Å². The van der Waals surface area contributed by atoms with Gasteiger partial charge in [0.15, 0.2) is 0 Å². The number of unbranched alkanes of at least 4 members (excludes halogenated alkanes) is 1. The number of carbonyl (C=O) groups excluding carboxylic acids is 1. The molecule has 0 radical (unpaired) electrons. The summed E-state index contributed by atoms with van der Waals surface area (Å²) in [4.78, 5) is 19.1. The fourth-order valence-corrected chi connectivity index (χ4v) is 3.44. The third-order valence-corrected chi connectivity index (χ3v) is 4.89. The van der Waals surface area contributed by atoms with Crippen LogP contribution in [0.5, 0.6) is 0 Å². The van der Waals surface area contributed by atoms with Crippen molar-refractivity contribution in [2.45, 2.75) is 45.1 Å². The minimum Gasteiger partial charge on any atom is -0.339 e. The molecule has 5 nitrogen and oxygen atoms in total. The van der Waals surface area contributed by atoms with Gasteiger partial charge in [0, 0.05) is 43.5 Å². The Balaban J connectivity index is 1.63. The van der Waals surface area contributed by atoms with E-state index in [1.165, 1.54) is 6.42 Å². The maximum absolute atomic E-state index is 12.7. The van der Waals surface area contributed by atoms with Crippen molar-refractivity contribution in [1.29, 1.82) is 5.26 Å². The summed E-state index contributed by atoms with van der Waals surface area (Å²) in [6, 6.07) is 9.04. The minimum atomic E-state index is 0.0184. The van der Waals surface area contributed by atoms with Crippen LogP contribution in [0.4, 0.5) is 0 Å². The highest BCUT2D eigenvalue weighted by Crippen LogP contribution is 2.28. The number of likely N-dealkylation sites (tertiary alicyclic amines) is 1. The zero-order valence-corrected chi connectivity index (χ0v) is 14.7. The molecule has 0 atom stereocenters. The van der Waals surface area contributed by atoms with Crippen LogP contribution < -0.4 is 0 Å². The number of aryl methyl sites for hydroxylation is 1. The number of imidazole rings is 1. The summed E-state index contributed by atoms with van der Waals surface area (Å²) in [5.41, 5.74) is 1.13. The van der Waals surface area contributed by atoms with E-state index < -0.39 is 0 Å². The highest BCUT2D eigenvalue weighted by Gasteiger charge is 2.27. The van der Waals surface area contributed by atoms with E-state index in [1.54, 1.807) is 24.3 Å². The van der Waals surface area contributed by atoms with E-state index in [0.717, 1.165) is 44.7 Å². The molecule has 1 saturated heterocycles. The molecular weight excluding hydrogens is 312 g/mol. The number of hydrogen-bond donors (Lipinski definition) is 0. The van der Waals surface area contributed by atoms with Crippen LogP contribution in [0.2, 0.25) is 0 Å². The Morgan fingerprint density at radius 3 is 2.88 bits per heavy atom. The van der Waals surface area contributed by atoms with Gasteiger partial charge in [-0.15, -0.1) is 0 Å². The van der Waals surface area contributed by atoms with Crippen molar-refractivity contribution in [2.24, 2.45) is 0 Å². The number of carbonyl (C=O) groups is 1. The first-order chi connectivity index (χ1) is 12.2. The molecule has 2 heterocycles. The Bertz CT molecular complexity index is 766. The molecule has 130 valence electrons. The lowest BCUT2D eigenvalue weighted by molar-refractivity contribution is 0.0710. The summed E-state index contributed by atoms with van der Waals surface area (Å²) < 4.78 is 2.27. The highest BCUT2D eigenvalue weighted by molar-refractivity contribution is 5.94. The number of rotatable bonds is 5. The molecule has 1 amide bonds. The van der Waals surface area contributed by atoms with Gasteiger partial charge in [0.2, 0.25) is 0 Å². The quantitative estimate of drug-likeness (QED) is 0.838. The van der Waals surface area contributed by atoms with Crippen molar-refractivity contribution in [3.05, 3.63) is 53.6 Å². The van der Waals surface area contributed by atoms with Crippen molar-refractivity contribution in [3.63, 3.8) is 0 Å². The number of benzene rings is 1. The fourth-order valence-electron chi connectivity index (χ4n) is 3.44. The van der Waals surface area contributed by atoms with Gasteiger partial charge >= 0.3 is 0 Å². The highest BCUT2D eigenvalue weighted by atomic mass is 16.2. The lowest BCUT2D eigenvalue weighted by Gasteiger charge is -2.32. The first-order valence-electron chi connectivity index (χ1n) is 9.03. The first-order valence-corrected chi connectivity index (χ1v) is 9.03. The van der Waals surface area contributed by atoms with Gasteiger partial charge in [0.05, 0.1) is 11.6 Å². The molecule has 0 unspecified atom stereocenters. The number of nitrogens with zero attached hydrogens (tertiary/aromatic N) is 4. The summed E-state index contributed by atoms with van der Waals surface area (Å²) >= 11 is 0. The smallest absolute Gasteiger partial charge is 0.253 e. The molecule has 3 rings (SSSR count). The maximum Gasteiger partial charge on any atom is 0.253 e. The van der Waals surface area contributed by atoms with Crippen molar-refractivity contribution < 1.29 is 4.79 Å². The normalized spacial score (nSPS) is 15.1. The molecule has 0 saturated carbocycles. The summed E-state index contributed by atoms with van der Waals surface area (Å²) in [6.07, 6.45) is 8.16. The van der Waals surface area contributed by atoms with Crippen LogP contribution in [0, 0.1) is 11.3 Å². The predicted molar refractivity (Wildman–Crippen MR) is 96.2 cm³/mol. The number of amides is 1. The summed E-state index contributed by atoms with van der Waals surface area (Å²) in [7, 11) is 0. The zero-order valence-electron chi connectivity index (χ0n) is 14.7. The summed E-state index contributed by atoms with van der Waals surface area (Å²) in [5, 5.41) is 9.00. The summed E-state index contributed by atoms with van der Waals surface area (Å²) in [5.74, 6) is 1.60. The van der Waals surface area contributed by atoms with Gasteiger partial charge in [0.1, 0.15) is 5.82 Å². The van der Waals surface area contributed by atoms with Gasteiger partial charge in [-0.05, 0) is 37.5 Å². The van der Waals surface area contributed by atoms with Crippen LogP contribution in [0.25, 0.3) is 0 Å². The molecule has 0 spiro atoms. The molecule has 0 aliphatic carbocycles. The molecule has 25 heavy (non-hydrogen) atoms. The van der Waals surface area contributed by atoms with Crippen molar-refractivity contribution >= 4 is 5.91 Å². The average molecular weight is 336 g/mol. The molecule has 1 aliphatic rings. The topological polar surface area (TPSA) is 61.9 Å². The van der Waals surface area contributed by atoms with E-state index in [2.05, 4.69) is 28.7 Å². The number of hydrogen-bond acceptors (Lipinski definition) is 3. The lowest BCUT2D eigenvalue weighted by atomic mass is 9.95. The van der Waals surface area contributed by atoms with Gasteiger partial charge < -0.3 is 9.47 Å². The molecule has 1 fully saturated rings. The van der Waals surface area contributed by atoms with Crippen molar-refractivity contribution in [3.8, 4) is 6.07 Å². The largest absolute Gasteiger partial charge is 0.339 e. The Morgan fingerprint density at radius 1 is 1.36 bits per heavy atom. The Kier molecular flexibility index (Phi) is 5.49. The minimum absolute atomic E-state index is 0.0184. The van der Waals surface area contributed by atoms with Gasteiger partial charge in [-0.1, -0.05) is 19.4 Å². The van der Waals surface area contributed by atoms with E-state index >= 15 is 0 Å². The Morgan fingerprint density at radius 2 is 2.16 bits per heavy atom. The zero-order chi connectivity index (χ0) is 17.6. The average Bonchev–Trinajstić information content (AvgIpc) is 3.14. The fraction of sp³-hybridized carbons (Fsp3) is 0.450. The number of nitriles is 1. The molecule has 2 aromatic rings. The van der Waals surface area contributed by atoms with Crippen molar-refractivity contribution in [1.82, 2.24) is 14.5 Å². The summed E-state index contributed by atoms with van der Waals surface area (Å²) in [6.45, 7) is 4.69. The van der Waals surface area contributed by atoms with Gasteiger partial charge in [-0.2, -0.15) is 5.26 Å². The predicted octanol–water partition coefficient (Wildman–Crippen LogP) is 3.57. The van der Waals surface area contributed by atoms with E-state index in [9.17, 15) is 4.79 Å². The third-order valence-electron chi connectivity index (χ3n) is 4.89. The van der Waals surface area contributed by atoms with Crippen LogP contribution in [-0.4, -0.2) is 33.4 Å². The van der Waals surface area contributed by atoms with Crippen LogP contribution in [0.3, 0.4) is 0 Å². The Labute approximate surface area is 148 Å². The third kappa shape index (κ3) is 3.90. The van der Waals surface area contributed by atoms with Gasteiger partial charge in [0.25, 0.3) is 5.91 Å². The van der Waals surface area contributed by atoms with Gasteiger partial charge in [-0.25, -0.2) is 4.98 Å². The number of piperidine rings is 1. The van der Waals surface area contributed by atoms with Crippen LogP contribution >= 0.6 is 0 Å². The van der Waals surface area contributed by atoms with E-state index in [4.69, 9.17) is 5.26 Å². The second-order valence-corrected chi connectivity index (χ2v) is 6.59. The SMILES string of the molecule is CCCCn1ccnc1C1CCN(C(=O)c2cccc(C#N)c2)CC1. The monoisotopic (exact) mass is 336 g/mol. The number of aromatic nitrogens is 2. The maximum atomic E-state index is 12.7. The molecule has 5 heteroatoms. The van der Waals surface area contributed by atoms with Gasteiger partial charge in [-0.3, -0.25) is 4.79 Å². The Hall–Kier alpha value is -2.61. The van der Waals surface area contributed by atoms with Crippen molar-refractivity contribution in [2.75, 3.05) is 13.1 Å². The first kappa shape index (κ1) is 17.2. The van der Waals surface area contributed by atoms with Crippen LogP contribution in [0.1, 0.15) is 60.3 Å². The van der Waals surface area contributed by atoms with E-state index in [-0.39, 0.29) is 5.91 Å².